The molecule has 1 fully saturated rings. The Morgan fingerprint density at radius 1 is 1.12 bits per heavy atom. The van der Waals surface area contributed by atoms with Crippen LogP contribution in [0.5, 0.6) is 0 Å². The quantitative estimate of drug-likeness (QED) is 0.710. The summed E-state index contributed by atoms with van der Waals surface area (Å²) in [5.41, 5.74) is 3.19. The van der Waals surface area contributed by atoms with Gasteiger partial charge in [-0.25, -0.2) is 13.4 Å². The van der Waals surface area contributed by atoms with Gasteiger partial charge in [0.25, 0.3) is 0 Å². The van der Waals surface area contributed by atoms with E-state index in [0.717, 1.165) is 29.8 Å². The van der Waals surface area contributed by atoms with E-state index in [1.54, 1.807) is 24.3 Å². The molecule has 0 unspecified atom stereocenters. The van der Waals surface area contributed by atoms with Crippen molar-refractivity contribution in [2.75, 3.05) is 25.5 Å². The molecule has 32 heavy (non-hydrogen) atoms. The van der Waals surface area contributed by atoms with Crippen molar-refractivity contribution in [3.63, 3.8) is 0 Å². The summed E-state index contributed by atoms with van der Waals surface area (Å²) in [6, 6.07) is 14.1. The van der Waals surface area contributed by atoms with Gasteiger partial charge < -0.3 is 10.2 Å². The number of nitrogens with one attached hydrogen (secondary N) is 1. The standard InChI is InChI=1S/C23H26N4O3S2/c1-16-20-8-4-5-9-21(20)25-23(26(16)3)31-17(2)22(28)24-18-10-12-19(13-11-18)32(29,30)27-14-6-7-15-27/h4-5,8-13,17H,1,6-7,14-15H2,2-3H3,(H,24,28)/t17-/m1/s1. The number of benzene rings is 2. The summed E-state index contributed by atoms with van der Waals surface area (Å²) in [6.45, 7) is 7.07. The van der Waals surface area contributed by atoms with Gasteiger partial charge in [0.05, 0.1) is 15.8 Å². The number of nitrogens with zero attached hydrogens (tertiary/aromatic N) is 3. The van der Waals surface area contributed by atoms with Crippen molar-refractivity contribution in [3.05, 3.63) is 60.7 Å². The van der Waals surface area contributed by atoms with Crippen molar-refractivity contribution in [2.24, 2.45) is 4.99 Å². The number of para-hydroxylation sites is 1. The second kappa shape index (κ2) is 9.09. The lowest BCUT2D eigenvalue weighted by Crippen LogP contribution is -2.30. The molecule has 0 radical (unpaired) electrons. The van der Waals surface area contributed by atoms with Gasteiger partial charge in [0.15, 0.2) is 5.17 Å². The Balaban J connectivity index is 1.42. The van der Waals surface area contributed by atoms with E-state index in [1.165, 1.54) is 16.1 Å². The summed E-state index contributed by atoms with van der Waals surface area (Å²) in [5, 5.41) is 3.14. The van der Waals surface area contributed by atoms with E-state index in [1.807, 2.05) is 43.1 Å². The molecule has 4 rings (SSSR count). The van der Waals surface area contributed by atoms with Crippen LogP contribution in [0.4, 0.5) is 11.4 Å². The van der Waals surface area contributed by atoms with Gasteiger partial charge >= 0.3 is 0 Å². The first-order valence-corrected chi connectivity index (χ1v) is 12.8. The Hall–Kier alpha value is -2.62. The molecule has 2 heterocycles. The smallest absolute Gasteiger partial charge is 0.243 e. The van der Waals surface area contributed by atoms with Crippen LogP contribution in [-0.4, -0.2) is 54.1 Å². The van der Waals surface area contributed by atoms with Crippen LogP contribution in [0.25, 0.3) is 5.70 Å². The molecule has 2 aromatic carbocycles. The van der Waals surface area contributed by atoms with E-state index < -0.39 is 15.3 Å². The molecule has 7 nitrogen and oxygen atoms in total. The van der Waals surface area contributed by atoms with Crippen molar-refractivity contribution in [2.45, 2.75) is 29.9 Å². The van der Waals surface area contributed by atoms with Crippen LogP contribution < -0.4 is 5.32 Å². The average molecular weight is 471 g/mol. The monoisotopic (exact) mass is 470 g/mol. The second-order valence-electron chi connectivity index (χ2n) is 7.80. The van der Waals surface area contributed by atoms with Gasteiger partial charge in [-0.2, -0.15) is 4.31 Å². The summed E-state index contributed by atoms with van der Waals surface area (Å²) in [5.74, 6) is -0.189. The van der Waals surface area contributed by atoms with Gasteiger partial charge in [-0.05, 0) is 50.1 Å². The number of rotatable bonds is 5. The molecule has 0 aliphatic carbocycles. The largest absolute Gasteiger partial charge is 0.325 e. The minimum absolute atomic E-state index is 0.189. The molecule has 0 saturated carbocycles. The highest BCUT2D eigenvalue weighted by Gasteiger charge is 2.28. The zero-order chi connectivity index (χ0) is 22.9. The molecular formula is C23H26N4O3S2. The molecule has 0 bridgehead atoms. The van der Waals surface area contributed by atoms with Crippen molar-refractivity contribution in [1.29, 1.82) is 0 Å². The molecule has 0 spiro atoms. The van der Waals surface area contributed by atoms with Crippen LogP contribution in [0.15, 0.2) is 65.0 Å². The molecule has 2 aliphatic heterocycles. The fourth-order valence-corrected chi connectivity index (χ4v) is 6.06. The number of hydrogen-bond donors (Lipinski definition) is 1. The average Bonchev–Trinajstić information content (AvgIpc) is 3.33. The first kappa shape index (κ1) is 22.6. The van der Waals surface area contributed by atoms with Gasteiger partial charge in [0.1, 0.15) is 0 Å². The third-order valence-corrected chi connectivity index (χ3v) is 8.66. The van der Waals surface area contributed by atoms with E-state index in [-0.39, 0.29) is 10.8 Å². The summed E-state index contributed by atoms with van der Waals surface area (Å²) >= 11 is 1.35. The minimum Gasteiger partial charge on any atom is -0.325 e. The fourth-order valence-electron chi connectivity index (χ4n) is 3.64. The number of sulfonamides is 1. The summed E-state index contributed by atoms with van der Waals surface area (Å²) in [7, 11) is -1.59. The summed E-state index contributed by atoms with van der Waals surface area (Å²) in [4.78, 5) is 19.6. The summed E-state index contributed by atoms with van der Waals surface area (Å²) in [6.07, 6.45) is 1.78. The highest BCUT2D eigenvalue weighted by Crippen LogP contribution is 2.35. The SMILES string of the molecule is C=C1c2ccccc2N=C(S[C@H](C)C(=O)Nc2ccc(S(=O)(=O)N3CCCC3)cc2)N1C. The third kappa shape index (κ3) is 4.46. The summed E-state index contributed by atoms with van der Waals surface area (Å²) < 4.78 is 26.8. The van der Waals surface area contributed by atoms with E-state index in [0.29, 0.717) is 23.9 Å². The second-order valence-corrected chi connectivity index (χ2v) is 11.0. The van der Waals surface area contributed by atoms with E-state index in [4.69, 9.17) is 0 Å². The van der Waals surface area contributed by atoms with Crippen LogP contribution in [0.1, 0.15) is 25.3 Å². The fraction of sp³-hybridized carbons (Fsp3) is 0.304. The Bertz CT molecular complexity index is 1170. The van der Waals surface area contributed by atoms with Gasteiger partial charge in [-0.1, -0.05) is 36.5 Å². The molecule has 2 aromatic rings. The van der Waals surface area contributed by atoms with Gasteiger partial charge in [0, 0.05) is 37.1 Å². The van der Waals surface area contributed by atoms with Crippen LogP contribution in [-0.2, 0) is 14.8 Å². The molecule has 1 amide bonds. The number of carbonyl (C=O) groups is 1. The molecule has 2 aliphatic rings. The molecule has 1 N–H and O–H groups in total. The first-order valence-electron chi connectivity index (χ1n) is 10.5. The van der Waals surface area contributed by atoms with Gasteiger partial charge in [-0.3, -0.25) is 4.79 Å². The van der Waals surface area contributed by atoms with Gasteiger partial charge in [0.2, 0.25) is 15.9 Å². The Kier molecular flexibility index (Phi) is 6.41. The Labute approximate surface area is 193 Å². The van der Waals surface area contributed by atoms with E-state index in [9.17, 15) is 13.2 Å². The van der Waals surface area contributed by atoms with Crippen molar-refractivity contribution < 1.29 is 13.2 Å². The predicted octanol–water partition coefficient (Wildman–Crippen LogP) is 4.14. The number of anilines is 1. The molecule has 168 valence electrons. The van der Waals surface area contributed by atoms with Crippen LogP contribution in [0, 0.1) is 0 Å². The van der Waals surface area contributed by atoms with Gasteiger partial charge in [-0.15, -0.1) is 0 Å². The van der Waals surface area contributed by atoms with E-state index in [2.05, 4.69) is 16.9 Å². The lowest BCUT2D eigenvalue weighted by atomic mass is 10.1. The lowest BCUT2D eigenvalue weighted by molar-refractivity contribution is -0.115. The molecule has 1 saturated heterocycles. The lowest BCUT2D eigenvalue weighted by Gasteiger charge is -2.29. The van der Waals surface area contributed by atoms with Crippen LogP contribution >= 0.6 is 11.8 Å². The zero-order valence-corrected chi connectivity index (χ0v) is 19.7. The van der Waals surface area contributed by atoms with Crippen molar-refractivity contribution >= 4 is 49.9 Å². The Morgan fingerprint density at radius 2 is 1.78 bits per heavy atom. The highest BCUT2D eigenvalue weighted by atomic mass is 32.2. The number of amides is 1. The number of amidine groups is 1. The number of aliphatic imine (C=N–C) groups is 1. The molecule has 0 aromatic heterocycles. The van der Waals surface area contributed by atoms with Crippen LogP contribution in [0.2, 0.25) is 0 Å². The van der Waals surface area contributed by atoms with Crippen molar-refractivity contribution in [1.82, 2.24) is 9.21 Å². The maximum absolute atomic E-state index is 12.8. The number of thioether (sulfide) groups is 1. The number of carbonyl (C=O) groups excluding carboxylic acids is 1. The molecule has 1 atom stereocenters. The Morgan fingerprint density at radius 3 is 2.47 bits per heavy atom. The van der Waals surface area contributed by atoms with Crippen LogP contribution in [0.3, 0.4) is 0 Å². The van der Waals surface area contributed by atoms with Crippen molar-refractivity contribution in [3.8, 4) is 0 Å². The molecular weight excluding hydrogens is 444 g/mol. The number of hydrogen-bond acceptors (Lipinski definition) is 6. The number of fused-ring (bicyclic) bond motifs is 1. The predicted molar refractivity (Wildman–Crippen MR) is 130 cm³/mol. The molecule has 9 heteroatoms. The zero-order valence-electron chi connectivity index (χ0n) is 18.1. The minimum atomic E-state index is -3.47. The maximum atomic E-state index is 12.8. The van der Waals surface area contributed by atoms with E-state index >= 15 is 0 Å². The topological polar surface area (TPSA) is 82.1 Å². The third-order valence-electron chi connectivity index (χ3n) is 5.60. The normalized spacial score (nSPS) is 17.6. The highest BCUT2D eigenvalue weighted by molar-refractivity contribution is 8.14. The maximum Gasteiger partial charge on any atom is 0.243 e. The first-order chi connectivity index (χ1) is 15.3.